The summed E-state index contributed by atoms with van der Waals surface area (Å²) >= 11 is 5.96. The first-order valence-electron chi connectivity index (χ1n) is 13.2. The quantitative estimate of drug-likeness (QED) is 0.318. The first-order valence-corrected chi connectivity index (χ1v) is 13.6. The summed E-state index contributed by atoms with van der Waals surface area (Å²) in [4.78, 5) is 49.9. The number of carbonyl (C=O) groups excluding carboxylic acids is 4. The van der Waals surface area contributed by atoms with Crippen molar-refractivity contribution in [3.63, 3.8) is 0 Å². The number of carbonyl (C=O) groups is 4. The van der Waals surface area contributed by atoms with Crippen LogP contribution in [0.25, 0.3) is 0 Å². The molecule has 0 radical (unpaired) electrons. The number of amides is 3. The summed E-state index contributed by atoms with van der Waals surface area (Å²) in [6, 6.07) is 10.1. The minimum absolute atomic E-state index is 0.110. The molecule has 0 bridgehead atoms. The number of halogens is 3. The number of benzene rings is 2. The number of hydrogen-bond donors (Lipinski definition) is 3. The Kier molecular flexibility index (Phi) is 9.08. The fraction of sp³-hybridized carbons (Fsp3) is 0.448. The van der Waals surface area contributed by atoms with E-state index >= 15 is 8.78 Å². The first kappa shape index (κ1) is 29.5. The molecule has 8 nitrogen and oxygen atoms in total. The van der Waals surface area contributed by atoms with Gasteiger partial charge in [-0.05, 0) is 55.2 Å². The summed E-state index contributed by atoms with van der Waals surface area (Å²) in [5.74, 6) is -4.92. The summed E-state index contributed by atoms with van der Waals surface area (Å²) in [5.41, 5.74) is -0.539. The highest BCUT2D eigenvalue weighted by Crippen LogP contribution is 2.49. The summed E-state index contributed by atoms with van der Waals surface area (Å²) in [6.07, 6.45) is 0.418. The van der Waals surface area contributed by atoms with Crippen LogP contribution in [0.2, 0.25) is 5.02 Å². The highest BCUT2D eigenvalue weighted by molar-refractivity contribution is 6.30. The van der Waals surface area contributed by atoms with Gasteiger partial charge < -0.3 is 25.5 Å². The number of aldehydes is 1. The van der Waals surface area contributed by atoms with Crippen molar-refractivity contribution in [3.8, 4) is 0 Å². The molecule has 1 heterocycles. The van der Waals surface area contributed by atoms with Gasteiger partial charge in [0.25, 0.3) is 11.8 Å². The van der Waals surface area contributed by atoms with Crippen molar-refractivity contribution in [2.45, 2.75) is 63.1 Å². The predicted octanol–water partition coefficient (Wildman–Crippen LogP) is 4.67. The number of alkyl carbamates (subject to hydrolysis) is 1. The van der Waals surface area contributed by atoms with Gasteiger partial charge >= 0.3 is 6.09 Å². The standard InChI is InChI=1S/C29H32ClF2N3O5/c1-28(11-12-28)16-23(26(38)34-22(17-36)14-19-10-13-33-25(19)37)40-27(39)35-24(18-6-3-2-4-7-18)29(31,32)20-8-5-9-21(30)15-20/h2-9,15,17,19,22-24H,10-14,16H2,1H3,(H,33,37)(H,34,38)(H,35,39)/t19-,22-,23-,24?/m0/s1. The van der Waals surface area contributed by atoms with Gasteiger partial charge in [-0.15, -0.1) is 0 Å². The maximum Gasteiger partial charge on any atom is 0.408 e. The average Bonchev–Trinajstić information content (AvgIpc) is 3.52. The van der Waals surface area contributed by atoms with E-state index in [4.69, 9.17) is 16.3 Å². The Labute approximate surface area is 236 Å². The summed E-state index contributed by atoms with van der Waals surface area (Å²) in [6.45, 7) is 2.42. The minimum Gasteiger partial charge on any atom is -0.436 e. The van der Waals surface area contributed by atoms with Crippen LogP contribution in [0, 0.1) is 11.3 Å². The van der Waals surface area contributed by atoms with Crippen molar-refractivity contribution < 1.29 is 32.7 Å². The van der Waals surface area contributed by atoms with Gasteiger partial charge in [0, 0.05) is 23.0 Å². The Bertz CT molecular complexity index is 1240. The molecule has 214 valence electrons. The van der Waals surface area contributed by atoms with Gasteiger partial charge in [-0.1, -0.05) is 61.0 Å². The first-order chi connectivity index (χ1) is 19.0. The van der Waals surface area contributed by atoms with E-state index in [1.54, 1.807) is 18.2 Å². The van der Waals surface area contributed by atoms with Gasteiger partial charge in [-0.2, -0.15) is 8.78 Å². The van der Waals surface area contributed by atoms with Gasteiger partial charge in [0.2, 0.25) is 5.91 Å². The lowest BCUT2D eigenvalue weighted by molar-refractivity contribution is -0.133. The van der Waals surface area contributed by atoms with Crippen LogP contribution in [0.5, 0.6) is 0 Å². The van der Waals surface area contributed by atoms with Crippen molar-refractivity contribution in [1.29, 1.82) is 0 Å². The normalized spacial score (nSPS) is 20.0. The molecule has 3 amide bonds. The van der Waals surface area contributed by atoms with Crippen molar-refractivity contribution in [3.05, 3.63) is 70.7 Å². The zero-order valence-electron chi connectivity index (χ0n) is 22.0. The monoisotopic (exact) mass is 575 g/mol. The SMILES string of the molecule is CC1(C[C@H](OC(=O)NC(c2ccccc2)C(F)(F)c2cccc(Cl)c2)C(=O)N[C@H](C=O)C[C@@H]2CCNC2=O)CC1. The number of nitrogens with one attached hydrogen (secondary N) is 3. The second-order valence-electron chi connectivity index (χ2n) is 10.8. The molecule has 1 unspecified atom stereocenters. The minimum atomic E-state index is -3.59. The third kappa shape index (κ3) is 7.35. The lowest BCUT2D eigenvalue weighted by Crippen LogP contribution is -2.48. The third-order valence-electron chi connectivity index (χ3n) is 7.48. The fourth-order valence-electron chi connectivity index (χ4n) is 4.83. The average molecular weight is 576 g/mol. The van der Waals surface area contributed by atoms with Crippen molar-refractivity contribution >= 4 is 35.8 Å². The molecule has 0 aromatic heterocycles. The van der Waals surface area contributed by atoms with Crippen LogP contribution < -0.4 is 16.0 Å². The van der Waals surface area contributed by atoms with E-state index in [9.17, 15) is 19.2 Å². The van der Waals surface area contributed by atoms with Crippen LogP contribution >= 0.6 is 11.6 Å². The highest BCUT2D eigenvalue weighted by Gasteiger charge is 2.46. The second-order valence-corrected chi connectivity index (χ2v) is 11.2. The highest BCUT2D eigenvalue weighted by atomic mass is 35.5. The van der Waals surface area contributed by atoms with Gasteiger partial charge in [-0.25, -0.2) is 4.79 Å². The van der Waals surface area contributed by atoms with Gasteiger partial charge in [0.05, 0.1) is 6.04 Å². The van der Waals surface area contributed by atoms with Crippen LogP contribution in [0.3, 0.4) is 0 Å². The fourth-order valence-corrected chi connectivity index (χ4v) is 5.02. The van der Waals surface area contributed by atoms with E-state index in [0.29, 0.717) is 19.3 Å². The van der Waals surface area contributed by atoms with E-state index in [1.807, 2.05) is 6.92 Å². The molecule has 0 spiro atoms. The van der Waals surface area contributed by atoms with Gasteiger partial charge in [0.1, 0.15) is 12.3 Å². The molecule has 2 aromatic carbocycles. The van der Waals surface area contributed by atoms with Crippen LogP contribution in [-0.2, 0) is 25.0 Å². The van der Waals surface area contributed by atoms with Crippen LogP contribution in [0.4, 0.5) is 13.6 Å². The van der Waals surface area contributed by atoms with Crippen LogP contribution in [0.1, 0.15) is 56.2 Å². The molecule has 2 aliphatic rings. The molecule has 4 atom stereocenters. The largest absolute Gasteiger partial charge is 0.436 e. The van der Waals surface area contributed by atoms with E-state index in [-0.39, 0.29) is 34.7 Å². The number of ether oxygens (including phenoxy) is 1. The molecule has 40 heavy (non-hydrogen) atoms. The second kappa shape index (κ2) is 12.3. The maximum atomic E-state index is 15.8. The molecule has 4 rings (SSSR count). The molecule has 1 saturated heterocycles. The summed E-state index contributed by atoms with van der Waals surface area (Å²) in [7, 11) is 0. The van der Waals surface area contributed by atoms with Crippen molar-refractivity contribution in [1.82, 2.24) is 16.0 Å². The lowest BCUT2D eigenvalue weighted by atomic mass is 9.95. The Morgan fingerprint density at radius 3 is 2.50 bits per heavy atom. The molecule has 11 heteroatoms. The zero-order valence-corrected chi connectivity index (χ0v) is 22.8. The molecule has 1 aliphatic heterocycles. The number of rotatable bonds is 12. The summed E-state index contributed by atoms with van der Waals surface area (Å²) in [5, 5.41) is 7.62. The number of alkyl halides is 2. The topological polar surface area (TPSA) is 114 Å². The van der Waals surface area contributed by atoms with E-state index in [0.717, 1.165) is 18.9 Å². The molecule has 1 aliphatic carbocycles. The lowest BCUT2D eigenvalue weighted by Gasteiger charge is -2.29. The van der Waals surface area contributed by atoms with Crippen LogP contribution in [-0.4, -0.2) is 42.9 Å². The smallest absolute Gasteiger partial charge is 0.408 e. The molecule has 1 saturated carbocycles. The van der Waals surface area contributed by atoms with E-state index in [1.165, 1.54) is 30.3 Å². The maximum absolute atomic E-state index is 15.8. The molecule has 2 fully saturated rings. The Morgan fingerprint density at radius 2 is 1.90 bits per heavy atom. The summed E-state index contributed by atoms with van der Waals surface area (Å²) < 4.78 is 37.0. The Morgan fingerprint density at radius 1 is 1.18 bits per heavy atom. The Hall–Kier alpha value is -3.53. The molecule has 3 N–H and O–H groups in total. The molecule has 2 aromatic rings. The van der Waals surface area contributed by atoms with Gasteiger partial charge in [0.15, 0.2) is 6.10 Å². The van der Waals surface area contributed by atoms with E-state index < -0.39 is 47.6 Å². The van der Waals surface area contributed by atoms with Crippen LogP contribution in [0.15, 0.2) is 54.6 Å². The van der Waals surface area contributed by atoms with E-state index in [2.05, 4.69) is 16.0 Å². The Balaban J connectivity index is 1.51. The van der Waals surface area contributed by atoms with Crippen molar-refractivity contribution in [2.75, 3.05) is 6.54 Å². The zero-order chi connectivity index (χ0) is 28.9. The predicted molar refractivity (Wildman–Crippen MR) is 144 cm³/mol. The number of hydrogen-bond acceptors (Lipinski definition) is 5. The third-order valence-corrected chi connectivity index (χ3v) is 7.72. The van der Waals surface area contributed by atoms with Gasteiger partial charge in [-0.3, -0.25) is 9.59 Å². The van der Waals surface area contributed by atoms with Crippen molar-refractivity contribution in [2.24, 2.45) is 11.3 Å². The molecular formula is C29H32ClF2N3O5. The molecular weight excluding hydrogens is 544 g/mol.